The van der Waals surface area contributed by atoms with E-state index in [-0.39, 0.29) is 5.91 Å². The minimum atomic E-state index is -0.0325. The second kappa shape index (κ2) is 4.45. The van der Waals surface area contributed by atoms with Crippen LogP contribution in [-0.4, -0.2) is 27.0 Å². The van der Waals surface area contributed by atoms with Gasteiger partial charge in [-0.05, 0) is 35.2 Å². The first-order valence-corrected chi connectivity index (χ1v) is 6.81. The van der Waals surface area contributed by atoms with Gasteiger partial charge >= 0.3 is 0 Å². The van der Waals surface area contributed by atoms with Gasteiger partial charge in [-0.15, -0.1) is 0 Å². The molecule has 0 atom stereocenters. The molecule has 5 nitrogen and oxygen atoms in total. The molecule has 0 aliphatic heterocycles. The van der Waals surface area contributed by atoms with Crippen molar-refractivity contribution in [3.63, 3.8) is 0 Å². The number of hydrogen-bond acceptors (Lipinski definition) is 4. The van der Waals surface area contributed by atoms with Crippen molar-refractivity contribution < 1.29 is 4.79 Å². The van der Waals surface area contributed by atoms with E-state index in [9.17, 15) is 4.79 Å². The Kier molecular flexibility index (Phi) is 2.79. The molecule has 94 valence electrons. The number of nitrogens with two attached hydrogens (primary N) is 1. The summed E-state index contributed by atoms with van der Waals surface area (Å²) in [5.74, 6) is 0.311. The summed E-state index contributed by atoms with van der Waals surface area (Å²) in [7, 11) is 0. The summed E-state index contributed by atoms with van der Waals surface area (Å²) in [6.45, 7) is 0.650. The van der Waals surface area contributed by atoms with Gasteiger partial charge in [0.1, 0.15) is 11.4 Å². The number of aromatic nitrogens is 2. The monoisotopic (exact) mass is 262 g/mol. The van der Waals surface area contributed by atoms with Crippen LogP contribution in [0.25, 0.3) is 0 Å². The van der Waals surface area contributed by atoms with Gasteiger partial charge in [-0.1, -0.05) is 0 Å². The lowest BCUT2D eigenvalue weighted by atomic mass is 10.2. The lowest BCUT2D eigenvalue weighted by Crippen LogP contribution is -2.32. The second-order valence-electron chi connectivity index (χ2n) is 4.49. The van der Waals surface area contributed by atoms with Gasteiger partial charge < -0.3 is 10.6 Å². The number of rotatable bonds is 4. The minimum absolute atomic E-state index is 0.0325. The molecular weight excluding hydrogens is 248 g/mol. The van der Waals surface area contributed by atoms with Crippen LogP contribution in [0, 0.1) is 0 Å². The number of nitrogen functional groups attached to an aromatic ring is 1. The molecule has 0 spiro atoms. The zero-order valence-electron chi connectivity index (χ0n) is 9.80. The zero-order chi connectivity index (χ0) is 12.5. The van der Waals surface area contributed by atoms with Gasteiger partial charge in [0.15, 0.2) is 0 Å². The van der Waals surface area contributed by atoms with Crippen molar-refractivity contribution >= 4 is 23.1 Å². The number of amides is 1. The molecule has 0 saturated heterocycles. The normalized spacial score (nSPS) is 14.7. The van der Waals surface area contributed by atoms with E-state index in [2.05, 4.69) is 15.6 Å². The first kappa shape index (κ1) is 11.3. The van der Waals surface area contributed by atoms with E-state index in [4.69, 9.17) is 5.73 Å². The van der Waals surface area contributed by atoms with Crippen LogP contribution in [0.15, 0.2) is 23.0 Å². The van der Waals surface area contributed by atoms with Crippen LogP contribution in [0.2, 0.25) is 0 Å². The third-order valence-corrected chi connectivity index (χ3v) is 3.81. The highest BCUT2D eigenvalue weighted by molar-refractivity contribution is 7.07. The quantitative estimate of drug-likeness (QED) is 0.883. The van der Waals surface area contributed by atoms with E-state index in [1.165, 1.54) is 11.8 Å². The molecule has 2 aromatic rings. The molecule has 2 aromatic heterocycles. The molecule has 1 aliphatic carbocycles. The van der Waals surface area contributed by atoms with Gasteiger partial charge in [-0.3, -0.25) is 9.89 Å². The molecule has 3 rings (SSSR count). The molecule has 0 aromatic carbocycles. The average Bonchev–Trinajstić information content (AvgIpc) is 2.89. The van der Waals surface area contributed by atoms with Crippen molar-refractivity contribution in [1.82, 2.24) is 15.1 Å². The van der Waals surface area contributed by atoms with Crippen molar-refractivity contribution in [1.29, 1.82) is 0 Å². The van der Waals surface area contributed by atoms with Crippen LogP contribution in [0.5, 0.6) is 0 Å². The van der Waals surface area contributed by atoms with Crippen LogP contribution in [0.3, 0.4) is 0 Å². The molecule has 2 heterocycles. The number of hydrogen-bond donors (Lipinski definition) is 2. The van der Waals surface area contributed by atoms with Crippen molar-refractivity contribution in [2.45, 2.75) is 25.4 Å². The average molecular weight is 262 g/mol. The number of carbonyl (C=O) groups excluding carboxylic acids is 1. The molecule has 0 unspecified atom stereocenters. The third-order valence-electron chi connectivity index (χ3n) is 3.08. The Hall–Kier alpha value is -1.82. The van der Waals surface area contributed by atoms with E-state index < -0.39 is 0 Å². The van der Waals surface area contributed by atoms with Crippen LogP contribution in [0.4, 0.5) is 5.82 Å². The van der Waals surface area contributed by atoms with E-state index >= 15 is 0 Å². The summed E-state index contributed by atoms with van der Waals surface area (Å²) in [5, 5.41) is 10.5. The summed E-state index contributed by atoms with van der Waals surface area (Å²) in [4.78, 5) is 14.3. The smallest absolute Gasteiger partial charge is 0.259 e. The first-order chi connectivity index (χ1) is 8.75. The van der Waals surface area contributed by atoms with E-state index in [1.807, 2.05) is 16.3 Å². The van der Waals surface area contributed by atoms with Crippen LogP contribution < -0.4 is 5.73 Å². The maximum atomic E-state index is 12.4. The lowest BCUT2D eigenvalue weighted by molar-refractivity contribution is 0.0731. The molecule has 1 aliphatic rings. The molecule has 1 amide bonds. The molecule has 18 heavy (non-hydrogen) atoms. The first-order valence-electron chi connectivity index (χ1n) is 5.86. The number of nitrogens with zero attached hydrogens (tertiary/aromatic N) is 2. The predicted octanol–water partition coefficient (Wildman–Crippen LogP) is 1.86. The van der Waals surface area contributed by atoms with Gasteiger partial charge in [0, 0.05) is 12.6 Å². The highest BCUT2D eigenvalue weighted by Crippen LogP contribution is 2.30. The van der Waals surface area contributed by atoms with Crippen LogP contribution in [0.1, 0.15) is 28.8 Å². The fraction of sp³-hybridized carbons (Fsp3) is 0.333. The van der Waals surface area contributed by atoms with Crippen molar-refractivity contribution in [2.75, 3.05) is 5.73 Å². The van der Waals surface area contributed by atoms with E-state index in [0.29, 0.717) is 24.0 Å². The minimum Gasteiger partial charge on any atom is -0.383 e. The summed E-state index contributed by atoms with van der Waals surface area (Å²) >= 11 is 1.64. The van der Waals surface area contributed by atoms with Crippen molar-refractivity contribution in [2.24, 2.45) is 0 Å². The Morgan fingerprint density at radius 1 is 1.61 bits per heavy atom. The number of aromatic amines is 1. The largest absolute Gasteiger partial charge is 0.383 e. The molecule has 0 radical (unpaired) electrons. The number of carbonyl (C=O) groups is 1. The molecule has 1 saturated carbocycles. The molecule has 6 heteroatoms. The lowest BCUT2D eigenvalue weighted by Gasteiger charge is -2.21. The number of nitrogens with one attached hydrogen (secondary N) is 1. The van der Waals surface area contributed by atoms with Crippen molar-refractivity contribution in [3.8, 4) is 0 Å². The molecule has 3 N–H and O–H groups in total. The van der Waals surface area contributed by atoms with Crippen molar-refractivity contribution in [3.05, 3.63) is 34.2 Å². The van der Waals surface area contributed by atoms with E-state index in [0.717, 1.165) is 12.8 Å². The Morgan fingerprint density at radius 2 is 2.44 bits per heavy atom. The van der Waals surface area contributed by atoms with Gasteiger partial charge in [-0.25, -0.2) is 0 Å². The highest BCUT2D eigenvalue weighted by Gasteiger charge is 2.34. The standard InChI is InChI=1S/C12H14N4OS/c13-11-10(5-14-15-11)12(17)16(9-1-2-9)6-8-3-4-18-7-8/h3-5,7,9H,1-2,6H2,(H3,13,14,15). The third kappa shape index (κ3) is 2.11. The van der Waals surface area contributed by atoms with Gasteiger partial charge in [0.05, 0.1) is 6.20 Å². The Morgan fingerprint density at radius 3 is 3.00 bits per heavy atom. The van der Waals surface area contributed by atoms with Crippen LogP contribution in [-0.2, 0) is 6.54 Å². The Bertz CT molecular complexity index is 544. The number of H-pyrrole nitrogens is 1. The van der Waals surface area contributed by atoms with Gasteiger partial charge in [-0.2, -0.15) is 16.4 Å². The SMILES string of the molecule is Nc1[nH]ncc1C(=O)N(Cc1ccsc1)C1CC1. The summed E-state index contributed by atoms with van der Waals surface area (Å²) in [6.07, 6.45) is 3.65. The summed E-state index contributed by atoms with van der Waals surface area (Å²) < 4.78 is 0. The summed E-state index contributed by atoms with van der Waals surface area (Å²) in [5.41, 5.74) is 7.35. The molecular formula is C12H14N4OS. The predicted molar refractivity (Wildman–Crippen MR) is 70.2 cm³/mol. The maximum absolute atomic E-state index is 12.4. The highest BCUT2D eigenvalue weighted by atomic mass is 32.1. The van der Waals surface area contributed by atoms with Gasteiger partial charge in [0.2, 0.25) is 0 Å². The van der Waals surface area contributed by atoms with Crippen LogP contribution >= 0.6 is 11.3 Å². The fourth-order valence-electron chi connectivity index (χ4n) is 1.95. The van der Waals surface area contributed by atoms with Gasteiger partial charge in [0.25, 0.3) is 5.91 Å². The number of thiophene rings is 1. The Labute approximate surface area is 109 Å². The van der Waals surface area contributed by atoms with E-state index in [1.54, 1.807) is 11.3 Å². The Balaban J connectivity index is 1.82. The second-order valence-corrected chi connectivity index (χ2v) is 5.27. The molecule has 0 bridgehead atoms. The number of anilines is 1. The maximum Gasteiger partial charge on any atom is 0.259 e. The zero-order valence-corrected chi connectivity index (χ0v) is 10.6. The summed E-state index contributed by atoms with van der Waals surface area (Å²) in [6, 6.07) is 2.40. The molecule has 1 fully saturated rings. The topological polar surface area (TPSA) is 75.0 Å². The fourth-order valence-corrected chi connectivity index (χ4v) is 2.61.